The Morgan fingerprint density at radius 1 is 1.10 bits per heavy atom. The molecule has 0 fully saturated rings. The molecule has 0 radical (unpaired) electrons. The Labute approximate surface area is 178 Å². The number of anilines is 1. The van der Waals surface area contributed by atoms with Crippen LogP contribution in [0, 0.1) is 18.3 Å². The highest BCUT2D eigenvalue weighted by Gasteiger charge is 2.17. The smallest absolute Gasteiger partial charge is 0.266 e. The molecule has 0 saturated heterocycles. The first-order chi connectivity index (χ1) is 14.6. The Hall–Kier alpha value is -3.88. The van der Waals surface area contributed by atoms with Crippen molar-refractivity contribution < 1.29 is 4.79 Å². The number of imidazole rings is 1. The maximum absolute atomic E-state index is 12.8. The summed E-state index contributed by atoms with van der Waals surface area (Å²) >= 11 is 6.13. The maximum Gasteiger partial charge on any atom is 0.266 e. The summed E-state index contributed by atoms with van der Waals surface area (Å²) in [6.45, 7) is 1.97. The molecule has 30 heavy (non-hydrogen) atoms. The summed E-state index contributed by atoms with van der Waals surface area (Å²) in [5.74, 6) is -0.535. The molecule has 2 heterocycles. The first-order valence-corrected chi connectivity index (χ1v) is 9.67. The van der Waals surface area contributed by atoms with E-state index in [-0.39, 0.29) is 5.57 Å². The summed E-state index contributed by atoms with van der Waals surface area (Å²) in [4.78, 5) is 17.6. The molecule has 1 N–H and O–H groups in total. The largest absolute Gasteiger partial charge is 0.320 e. The molecule has 0 aliphatic carbocycles. The second kappa shape index (κ2) is 8.24. The van der Waals surface area contributed by atoms with Crippen LogP contribution in [-0.4, -0.2) is 15.3 Å². The SMILES string of the molecule is Cc1cccn2c(/C=C(\C#N)C(=O)Nc3ccccc3Cl)c(-c3ccccc3)nc12. The van der Waals surface area contributed by atoms with Gasteiger partial charge in [-0.2, -0.15) is 5.26 Å². The van der Waals surface area contributed by atoms with Crippen molar-refractivity contribution in [2.45, 2.75) is 6.92 Å². The number of benzene rings is 2. The van der Waals surface area contributed by atoms with Crippen LogP contribution in [0.3, 0.4) is 0 Å². The van der Waals surface area contributed by atoms with Crippen molar-refractivity contribution in [1.29, 1.82) is 5.26 Å². The lowest BCUT2D eigenvalue weighted by Crippen LogP contribution is -2.14. The number of nitriles is 1. The second-order valence-electron chi connectivity index (χ2n) is 6.70. The van der Waals surface area contributed by atoms with Gasteiger partial charge in [-0.05, 0) is 36.8 Å². The third kappa shape index (κ3) is 3.69. The molecule has 6 heteroatoms. The predicted octanol–water partition coefficient (Wildman–Crippen LogP) is 5.51. The van der Waals surface area contributed by atoms with Gasteiger partial charge >= 0.3 is 0 Å². The van der Waals surface area contributed by atoms with Gasteiger partial charge in [0.2, 0.25) is 0 Å². The minimum absolute atomic E-state index is 0.0459. The number of aryl methyl sites for hydroxylation is 1. The maximum atomic E-state index is 12.8. The van der Waals surface area contributed by atoms with Crippen molar-refractivity contribution >= 4 is 34.9 Å². The lowest BCUT2D eigenvalue weighted by atomic mass is 10.1. The third-order valence-electron chi connectivity index (χ3n) is 4.70. The minimum atomic E-state index is -0.535. The molecular weight excluding hydrogens is 396 g/mol. The van der Waals surface area contributed by atoms with Crippen LogP contribution in [0.1, 0.15) is 11.3 Å². The first kappa shape index (κ1) is 19.4. The van der Waals surface area contributed by atoms with Crippen molar-refractivity contribution in [3.8, 4) is 17.3 Å². The Morgan fingerprint density at radius 2 is 1.83 bits per heavy atom. The quantitative estimate of drug-likeness (QED) is 0.355. The summed E-state index contributed by atoms with van der Waals surface area (Å²) in [5.41, 5.74) is 4.42. The number of rotatable bonds is 4. The van der Waals surface area contributed by atoms with E-state index in [4.69, 9.17) is 16.6 Å². The van der Waals surface area contributed by atoms with Gasteiger partial charge in [-0.15, -0.1) is 0 Å². The van der Waals surface area contributed by atoms with Gasteiger partial charge in [0.15, 0.2) is 0 Å². The zero-order valence-electron chi connectivity index (χ0n) is 16.1. The molecule has 4 rings (SSSR count). The molecule has 0 aliphatic heterocycles. The van der Waals surface area contributed by atoms with Gasteiger partial charge in [0.1, 0.15) is 17.3 Å². The summed E-state index contributed by atoms with van der Waals surface area (Å²) in [7, 11) is 0. The number of nitrogens with zero attached hydrogens (tertiary/aromatic N) is 3. The van der Waals surface area contributed by atoms with Gasteiger partial charge < -0.3 is 5.32 Å². The molecule has 0 saturated carbocycles. The molecule has 2 aromatic carbocycles. The summed E-state index contributed by atoms with van der Waals surface area (Å²) in [6, 6.07) is 22.4. The Balaban J connectivity index is 1.84. The van der Waals surface area contributed by atoms with E-state index in [2.05, 4.69) is 5.32 Å². The van der Waals surface area contributed by atoms with Crippen molar-refractivity contribution in [3.63, 3.8) is 0 Å². The van der Waals surface area contributed by atoms with E-state index < -0.39 is 5.91 Å². The van der Waals surface area contributed by atoms with Gasteiger partial charge in [-0.1, -0.05) is 60.1 Å². The highest BCUT2D eigenvalue weighted by atomic mass is 35.5. The number of hydrogen-bond acceptors (Lipinski definition) is 3. The lowest BCUT2D eigenvalue weighted by Gasteiger charge is -2.07. The van der Waals surface area contributed by atoms with E-state index in [1.54, 1.807) is 30.3 Å². The van der Waals surface area contributed by atoms with Gasteiger partial charge in [0.25, 0.3) is 5.91 Å². The molecule has 0 spiro atoms. The number of para-hydroxylation sites is 1. The van der Waals surface area contributed by atoms with Crippen LogP contribution in [0.15, 0.2) is 78.5 Å². The number of carbonyl (C=O) groups excluding carboxylic acids is 1. The topological polar surface area (TPSA) is 70.2 Å². The molecule has 0 unspecified atom stereocenters. The Morgan fingerprint density at radius 3 is 2.57 bits per heavy atom. The van der Waals surface area contributed by atoms with E-state index in [0.29, 0.717) is 22.1 Å². The van der Waals surface area contributed by atoms with E-state index in [0.717, 1.165) is 16.8 Å². The van der Waals surface area contributed by atoms with Crippen LogP contribution in [0.25, 0.3) is 23.0 Å². The van der Waals surface area contributed by atoms with E-state index >= 15 is 0 Å². The number of aromatic nitrogens is 2. The highest BCUT2D eigenvalue weighted by Crippen LogP contribution is 2.28. The second-order valence-corrected chi connectivity index (χ2v) is 7.11. The molecular formula is C24H17ClN4O. The highest BCUT2D eigenvalue weighted by molar-refractivity contribution is 6.34. The fraction of sp³-hybridized carbons (Fsp3) is 0.0417. The average molecular weight is 413 g/mol. The molecule has 0 aliphatic rings. The van der Waals surface area contributed by atoms with Gasteiger partial charge in [0.05, 0.1) is 22.1 Å². The average Bonchev–Trinajstić information content (AvgIpc) is 3.14. The molecule has 0 atom stereocenters. The van der Waals surface area contributed by atoms with Gasteiger partial charge in [-0.3, -0.25) is 9.20 Å². The van der Waals surface area contributed by atoms with Crippen LogP contribution >= 0.6 is 11.6 Å². The molecule has 4 aromatic rings. The van der Waals surface area contributed by atoms with Crippen molar-refractivity contribution in [1.82, 2.24) is 9.38 Å². The van der Waals surface area contributed by atoms with Crippen LogP contribution in [-0.2, 0) is 4.79 Å². The van der Waals surface area contributed by atoms with E-state index in [1.807, 2.05) is 66.1 Å². The number of fused-ring (bicyclic) bond motifs is 1. The first-order valence-electron chi connectivity index (χ1n) is 9.29. The number of nitrogens with one attached hydrogen (secondary N) is 1. The normalized spacial score (nSPS) is 11.3. The molecule has 146 valence electrons. The number of halogens is 1. The Kier molecular flexibility index (Phi) is 5.34. The molecule has 1 amide bonds. The molecule has 0 bridgehead atoms. The van der Waals surface area contributed by atoms with Crippen molar-refractivity contribution in [2.24, 2.45) is 0 Å². The lowest BCUT2D eigenvalue weighted by molar-refractivity contribution is -0.112. The summed E-state index contributed by atoms with van der Waals surface area (Å²) < 4.78 is 1.89. The number of hydrogen-bond donors (Lipinski definition) is 1. The van der Waals surface area contributed by atoms with Crippen LogP contribution in [0.2, 0.25) is 5.02 Å². The Bertz CT molecular complexity index is 1320. The number of carbonyl (C=O) groups is 1. The van der Waals surface area contributed by atoms with Gasteiger partial charge in [0, 0.05) is 11.8 Å². The monoisotopic (exact) mass is 412 g/mol. The zero-order valence-corrected chi connectivity index (χ0v) is 16.9. The van der Waals surface area contributed by atoms with Crippen LogP contribution < -0.4 is 5.32 Å². The predicted molar refractivity (Wildman–Crippen MR) is 119 cm³/mol. The van der Waals surface area contributed by atoms with Gasteiger partial charge in [-0.25, -0.2) is 4.98 Å². The molecule has 2 aromatic heterocycles. The van der Waals surface area contributed by atoms with Crippen molar-refractivity contribution in [3.05, 3.63) is 94.8 Å². The summed E-state index contributed by atoms with van der Waals surface area (Å²) in [6.07, 6.45) is 3.43. The molecule has 5 nitrogen and oxygen atoms in total. The van der Waals surface area contributed by atoms with E-state index in [1.165, 1.54) is 0 Å². The summed E-state index contributed by atoms with van der Waals surface area (Å²) in [5, 5.41) is 12.8. The van der Waals surface area contributed by atoms with Crippen LogP contribution in [0.5, 0.6) is 0 Å². The fourth-order valence-corrected chi connectivity index (χ4v) is 3.39. The minimum Gasteiger partial charge on any atom is -0.320 e. The number of pyridine rings is 1. The number of amides is 1. The standard InChI is InChI=1S/C24H17ClN4O/c1-16-8-7-13-29-21(22(28-23(16)29)17-9-3-2-4-10-17)14-18(15-26)24(30)27-20-12-6-5-11-19(20)25/h2-14H,1H3,(H,27,30)/b18-14+. The van der Waals surface area contributed by atoms with Crippen LogP contribution in [0.4, 0.5) is 5.69 Å². The van der Waals surface area contributed by atoms with Crippen molar-refractivity contribution in [2.75, 3.05) is 5.32 Å². The van der Waals surface area contributed by atoms with E-state index in [9.17, 15) is 10.1 Å². The zero-order chi connectivity index (χ0) is 21.1. The fourth-order valence-electron chi connectivity index (χ4n) is 3.21. The third-order valence-corrected chi connectivity index (χ3v) is 5.03.